The highest BCUT2D eigenvalue weighted by molar-refractivity contribution is 5.10. The van der Waals surface area contributed by atoms with Gasteiger partial charge in [-0.1, -0.05) is 0 Å². The van der Waals surface area contributed by atoms with Gasteiger partial charge in [0.25, 0.3) is 0 Å². The third kappa shape index (κ3) is 2.37. The molecule has 0 aromatic heterocycles. The quantitative estimate of drug-likeness (QED) is 0.730. The largest absolute Gasteiger partial charge is 0.396 e. The maximum atomic E-state index is 12.3. The van der Waals surface area contributed by atoms with E-state index < -0.39 is 36.8 Å². The van der Waals surface area contributed by atoms with E-state index in [1.165, 1.54) is 0 Å². The average Bonchev–Trinajstić information content (AvgIpc) is 2.02. The summed E-state index contributed by atoms with van der Waals surface area (Å²) in [5.41, 5.74) is 0. The number of hydrogen-bond donors (Lipinski definition) is 1. The molecule has 0 heterocycles. The molecule has 0 radical (unpaired) electrons. The molecule has 0 spiro atoms. The van der Waals surface area contributed by atoms with E-state index in [0.29, 0.717) is 0 Å². The highest BCUT2D eigenvalue weighted by Gasteiger charge is 2.60. The van der Waals surface area contributed by atoms with Crippen LogP contribution in [0.5, 0.6) is 0 Å². The molecule has 1 N–H and O–H groups in total. The van der Waals surface area contributed by atoms with Crippen LogP contribution in [0.3, 0.4) is 0 Å². The predicted octanol–water partition coefficient (Wildman–Crippen LogP) is 2.72. The molecule has 0 bridgehead atoms. The lowest BCUT2D eigenvalue weighted by atomic mass is 10.1. The molecule has 0 amide bonds. The second kappa shape index (κ2) is 4.16. The fourth-order valence-corrected chi connectivity index (χ4v) is 0.577. The Bertz CT molecular complexity index is 230. The van der Waals surface area contributed by atoms with Gasteiger partial charge in [0.2, 0.25) is 5.83 Å². The molecular formula is C6H5F7O. The van der Waals surface area contributed by atoms with Gasteiger partial charge in [0.15, 0.2) is 0 Å². The van der Waals surface area contributed by atoms with Crippen LogP contribution in [0.15, 0.2) is 11.9 Å². The summed E-state index contributed by atoms with van der Waals surface area (Å²) in [7, 11) is 0. The number of aliphatic hydroxyl groups is 1. The molecule has 0 saturated carbocycles. The van der Waals surface area contributed by atoms with Crippen molar-refractivity contribution in [3.63, 3.8) is 0 Å². The average molecular weight is 226 g/mol. The van der Waals surface area contributed by atoms with Crippen molar-refractivity contribution in [2.75, 3.05) is 6.61 Å². The van der Waals surface area contributed by atoms with E-state index in [0.717, 1.165) is 0 Å². The van der Waals surface area contributed by atoms with Crippen LogP contribution in [0.2, 0.25) is 0 Å². The summed E-state index contributed by atoms with van der Waals surface area (Å²) in [5, 5.41) is 7.95. The van der Waals surface area contributed by atoms with Crippen molar-refractivity contribution in [2.24, 2.45) is 0 Å². The van der Waals surface area contributed by atoms with Gasteiger partial charge in [-0.05, 0) is 0 Å². The van der Waals surface area contributed by atoms with Gasteiger partial charge >= 0.3 is 17.9 Å². The van der Waals surface area contributed by atoms with Crippen LogP contribution in [0.1, 0.15) is 6.42 Å². The van der Waals surface area contributed by atoms with E-state index in [1.807, 2.05) is 0 Å². The predicted molar refractivity (Wildman–Crippen MR) is 31.9 cm³/mol. The molecular weight excluding hydrogens is 221 g/mol. The molecule has 0 fully saturated rings. The van der Waals surface area contributed by atoms with Crippen LogP contribution in [-0.4, -0.2) is 23.6 Å². The summed E-state index contributed by atoms with van der Waals surface area (Å²) in [6.07, 6.45) is -5.31. The van der Waals surface area contributed by atoms with E-state index >= 15 is 0 Å². The molecule has 84 valence electrons. The zero-order valence-electron chi connectivity index (χ0n) is 6.51. The van der Waals surface area contributed by atoms with Crippen molar-refractivity contribution < 1.29 is 35.8 Å². The van der Waals surface area contributed by atoms with E-state index in [1.54, 1.807) is 0 Å². The normalized spacial score (nSPS) is 12.9. The molecule has 0 aliphatic heterocycles. The Balaban J connectivity index is 5.04. The first-order valence-electron chi connectivity index (χ1n) is 3.24. The zero-order chi connectivity index (χ0) is 11.6. The third-order valence-electron chi connectivity index (χ3n) is 1.33. The number of hydrogen-bond acceptors (Lipinski definition) is 1. The minimum Gasteiger partial charge on any atom is -0.396 e. The van der Waals surface area contributed by atoms with Gasteiger partial charge in [-0.25, -0.2) is 0 Å². The van der Waals surface area contributed by atoms with Crippen LogP contribution in [-0.2, 0) is 0 Å². The first-order chi connectivity index (χ1) is 6.16. The number of rotatable bonds is 4. The minimum atomic E-state index is -5.60. The lowest BCUT2D eigenvalue weighted by molar-refractivity contribution is -0.203. The van der Waals surface area contributed by atoms with Gasteiger partial charge in [-0.2, -0.15) is 30.7 Å². The van der Waals surface area contributed by atoms with Crippen molar-refractivity contribution in [1.82, 2.24) is 0 Å². The van der Waals surface area contributed by atoms with Gasteiger partial charge in [0, 0.05) is 13.0 Å². The van der Waals surface area contributed by atoms with Gasteiger partial charge in [-0.3, -0.25) is 0 Å². The number of halogens is 7. The second-order valence-corrected chi connectivity index (χ2v) is 2.33. The SMILES string of the molecule is OCCC(F)(F)C(F)(F)C(F)=C(F)F. The monoisotopic (exact) mass is 226 g/mol. The van der Waals surface area contributed by atoms with Gasteiger partial charge in [0.1, 0.15) is 0 Å². The molecule has 1 nitrogen and oxygen atoms in total. The standard InChI is InChI=1S/C6H5F7O/c7-3(4(8)9)6(12,13)5(10,11)1-2-14/h14H,1-2H2. The van der Waals surface area contributed by atoms with Crippen LogP contribution < -0.4 is 0 Å². The van der Waals surface area contributed by atoms with Gasteiger partial charge in [-0.15, -0.1) is 0 Å². The van der Waals surface area contributed by atoms with E-state index in [-0.39, 0.29) is 0 Å². The lowest BCUT2D eigenvalue weighted by Crippen LogP contribution is -2.42. The topological polar surface area (TPSA) is 20.2 Å². The van der Waals surface area contributed by atoms with Gasteiger partial charge in [0.05, 0.1) is 0 Å². The van der Waals surface area contributed by atoms with E-state index in [2.05, 4.69) is 0 Å². The van der Waals surface area contributed by atoms with Crippen LogP contribution in [0.4, 0.5) is 30.7 Å². The molecule has 0 rings (SSSR count). The summed E-state index contributed by atoms with van der Waals surface area (Å²) in [4.78, 5) is 0. The molecule has 8 heteroatoms. The maximum absolute atomic E-state index is 12.3. The number of aliphatic hydroxyl groups excluding tert-OH is 1. The summed E-state index contributed by atoms with van der Waals surface area (Å²) in [6, 6.07) is 0. The van der Waals surface area contributed by atoms with Crippen LogP contribution >= 0.6 is 0 Å². The molecule has 0 aliphatic rings. The van der Waals surface area contributed by atoms with Crippen LogP contribution in [0, 0.1) is 0 Å². The summed E-state index contributed by atoms with van der Waals surface area (Å²) in [5.74, 6) is -14.1. The lowest BCUT2D eigenvalue weighted by Gasteiger charge is -2.23. The van der Waals surface area contributed by atoms with E-state index in [4.69, 9.17) is 5.11 Å². The number of alkyl halides is 4. The highest BCUT2D eigenvalue weighted by Crippen LogP contribution is 2.44. The zero-order valence-corrected chi connectivity index (χ0v) is 6.51. The fourth-order valence-electron chi connectivity index (χ4n) is 0.577. The Kier molecular flexibility index (Phi) is 3.92. The maximum Gasteiger partial charge on any atom is 0.366 e. The molecule has 0 atom stereocenters. The second-order valence-electron chi connectivity index (χ2n) is 2.33. The highest BCUT2D eigenvalue weighted by atomic mass is 19.3. The number of allylic oxidation sites excluding steroid dienone is 1. The minimum absolute atomic E-state index is 1.37. The van der Waals surface area contributed by atoms with Crippen molar-refractivity contribution >= 4 is 0 Å². The summed E-state index contributed by atoms with van der Waals surface area (Å²) in [6.45, 7) is -1.37. The molecule has 0 aromatic carbocycles. The Labute approximate surface area is 73.8 Å². The smallest absolute Gasteiger partial charge is 0.366 e. The first kappa shape index (κ1) is 13.2. The fraction of sp³-hybridized carbons (Fsp3) is 0.667. The Hall–Kier alpha value is -0.790. The van der Waals surface area contributed by atoms with Gasteiger partial charge < -0.3 is 5.11 Å². The molecule has 0 saturated heterocycles. The van der Waals surface area contributed by atoms with Crippen molar-refractivity contribution in [3.05, 3.63) is 11.9 Å². The Morgan fingerprint density at radius 3 is 1.71 bits per heavy atom. The third-order valence-corrected chi connectivity index (χ3v) is 1.33. The molecule has 0 aliphatic carbocycles. The first-order valence-corrected chi connectivity index (χ1v) is 3.24. The van der Waals surface area contributed by atoms with Crippen molar-refractivity contribution in [1.29, 1.82) is 0 Å². The van der Waals surface area contributed by atoms with Crippen molar-refractivity contribution in [2.45, 2.75) is 18.3 Å². The molecule has 0 unspecified atom stereocenters. The summed E-state index contributed by atoms with van der Waals surface area (Å²) < 4.78 is 83.7. The van der Waals surface area contributed by atoms with E-state index in [9.17, 15) is 30.7 Å². The Morgan fingerprint density at radius 1 is 1.00 bits per heavy atom. The van der Waals surface area contributed by atoms with Crippen molar-refractivity contribution in [3.8, 4) is 0 Å². The summed E-state index contributed by atoms with van der Waals surface area (Å²) >= 11 is 0. The van der Waals surface area contributed by atoms with Crippen LogP contribution in [0.25, 0.3) is 0 Å². The molecule has 14 heavy (non-hydrogen) atoms. The molecule has 0 aromatic rings. The Morgan fingerprint density at radius 2 is 1.43 bits per heavy atom.